The summed E-state index contributed by atoms with van der Waals surface area (Å²) in [5.74, 6) is 0. The van der Waals surface area contributed by atoms with Gasteiger partial charge in [0.15, 0.2) is 0 Å². The second kappa shape index (κ2) is 7.12. The van der Waals surface area contributed by atoms with E-state index in [1.165, 1.54) is 11.3 Å². The summed E-state index contributed by atoms with van der Waals surface area (Å²) in [6.07, 6.45) is 2.04. The lowest BCUT2D eigenvalue weighted by atomic mass is 9.92. The molecule has 3 heterocycles. The Hall–Kier alpha value is -0.950. The monoisotopic (exact) mass is 335 g/mol. The van der Waals surface area contributed by atoms with Gasteiger partial charge in [-0.15, -0.1) is 0 Å². The van der Waals surface area contributed by atoms with Crippen LogP contribution in [0.5, 0.6) is 0 Å². The molecule has 2 aliphatic heterocycles. The minimum atomic E-state index is -0.522. The smallest absolute Gasteiger partial charge is 0.0900 e. The number of piperazine rings is 1. The fourth-order valence-electron chi connectivity index (χ4n) is 4.26. The molecule has 1 aromatic rings. The molecule has 1 atom stereocenters. The summed E-state index contributed by atoms with van der Waals surface area (Å²) in [4.78, 5) is 7.22. The fourth-order valence-corrected chi connectivity index (χ4v) is 4.26. The van der Waals surface area contributed by atoms with Crippen molar-refractivity contribution >= 4 is 0 Å². The van der Waals surface area contributed by atoms with Crippen molar-refractivity contribution in [1.29, 1.82) is 0 Å². The minimum Gasteiger partial charge on any atom is -0.387 e. The molecule has 0 spiro atoms. The summed E-state index contributed by atoms with van der Waals surface area (Å²) in [6.45, 7) is 12.2. The van der Waals surface area contributed by atoms with Crippen molar-refractivity contribution in [2.75, 3.05) is 52.9 Å². The molecule has 1 N–H and O–H groups in total. The number of β-amino-alcohol motifs (C(OH)–C–C–N with tert-alkyl or cyclic N) is 1. The van der Waals surface area contributed by atoms with Gasteiger partial charge in [0.1, 0.15) is 0 Å². The highest BCUT2D eigenvalue weighted by molar-refractivity contribution is 5.24. The van der Waals surface area contributed by atoms with Crippen molar-refractivity contribution in [3.63, 3.8) is 0 Å². The largest absolute Gasteiger partial charge is 0.387 e. The highest BCUT2D eigenvalue weighted by Crippen LogP contribution is 2.22. The fraction of sp³-hybridized carbons (Fsp3) is 0.833. The maximum Gasteiger partial charge on any atom is 0.0900 e. The Morgan fingerprint density at radius 1 is 1.04 bits per heavy atom. The quantitative estimate of drug-likeness (QED) is 0.874. The second-order valence-electron chi connectivity index (χ2n) is 7.89. The van der Waals surface area contributed by atoms with Crippen LogP contribution in [0.25, 0.3) is 0 Å². The number of aryl methyl sites for hydroxylation is 2. The van der Waals surface area contributed by atoms with E-state index in [2.05, 4.69) is 40.7 Å². The second-order valence-corrected chi connectivity index (χ2v) is 7.89. The molecule has 1 unspecified atom stereocenters. The maximum absolute atomic E-state index is 10.9. The highest BCUT2D eigenvalue weighted by atomic mass is 16.3. The van der Waals surface area contributed by atoms with Crippen molar-refractivity contribution in [3.8, 4) is 0 Å². The zero-order chi connectivity index (χ0) is 17.3. The van der Waals surface area contributed by atoms with Crippen molar-refractivity contribution in [2.24, 2.45) is 7.05 Å². The first-order chi connectivity index (χ1) is 11.4. The standard InChI is InChI=1S/C18H33N5O/c1-15-17(16(2)21(4)19-15)12-22-8-10-23(11-9-22)14-18(24)6-5-7-20(3)13-18/h24H,5-14H2,1-4H3. The molecular formula is C18H33N5O. The molecule has 0 amide bonds. The van der Waals surface area contributed by atoms with Crippen LogP contribution in [-0.2, 0) is 13.6 Å². The number of piperidine rings is 1. The van der Waals surface area contributed by atoms with E-state index in [1.54, 1.807) is 0 Å². The SMILES string of the molecule is Cc1nn(C)c(C)c1CN1CCN(CC2(O)CCCN(C)C2)CC1. The van der Waals surface area contributed by atoms with Crippen LogP contribution < -0.4 is 0 Å². The predicted octanol–water partition coefficient (Wildman–Crippen LogP) is 0.611. The lowest BCUT2D eigenvalue weighted by molar-refractivity contribution is -0.0544. The van der Waals surface area contributed by atoms with Gasteiger partial charge in [-0.1, -0.05) is 0 Å². The molecule has 2 aliphatic rings. The summed E-state index contributed by atoms with van der Waals surface area (Å²) in [7, 11) is 4.13. The Labute approximate surface area is 146 Å². The number of hydrogen-bond acceptors (Lipinski definition) is 5. The van der Waals surface area contributed by atoms with E-state index in [4.69, 9.17) is 0 Å². The van der Waals surface area contributed by atoms with Gasteiger partial charge in [-0.2, -0.15) is 5.10 Å². The molecule has 24 heavy (non-hydrogen) atoms. The first kappa shape index (κ1) is 17.9. The zero-order valence-corrected chi connectivity index (χ0v) is 15.8. The average Bonchev–Trinajstić information content (AvgIpc) is 2.75. The Balaban J connectivity index is 1.51. The molecule has 1 aromatic heterocycles. The molecule has 6 nitrogen and oxygen atoms in total. The average molecular weight is 335 g/mol. The Kier molecular flexibility index (Phi) is 5.30. The van der Waals surface area contributed by atoms with Crippen LogP contribution in [0.1, 0.15) is 29.8 Å². The maximum atomic E-state index is 10.9. The van der Waals surface area contributed by atoms with Crippen LogP contribution in [0.15, 0.2) is 0 Å². The number of hydrogen-bond donors (Lipinski definition) is 1. The molecular weight excluding hydrogens is 302 g/mol. The van der Waals surface area contributed by atoms with Gasteiger partial charge in [0.05, 0.1) is 11.3 Å². The lowest BCUT2D eigenvalue weighted by Crippen LogP contribution is -2.56. The molecule has 0 radical (unpaired) electrons. The van der Waals surface area contributed by atoms with Crippen LogP contribution in [0.3, 0.4) is 0 Å². The molecule has 0 saturated carbocycles. The van der Waals surface area contributed by atoms with E-state index in [0.717, 1.165) is 70.9 Å². The first-order valence-corrected chi connectivity index (χ1v) is 9.21. The molecule has 6 heteroatoms. The number of nitrogens with zero attached hydrogens (tertiary/aromatic N) is 5. The normalized spacial score (nSPS) is 27.7. The van der Waals surface area contributed by atoms with Crippen LogP contribution in [0, 0.1) is 13.8 Å². The van der Waals surface area contributed by atoms with Crippen LogP contribution in [-0.4, -0.2) is 88.0 Å². The molecule has 0 bridgehead atoms. The van der Waals surface area contributed by atoms with Crippen molar-refractivity contribution in [1.82, 2.24) is 24.5 Å². The van der Waals surface area contributed by atoms with Gasteiger partial charge in [-0.05, 0) is 40.3 Å². The van der Waals surface area contributed by atoms with Gasteiger partial charge in [0, 0.05) is 64.1 Å². The molecule has 3 rings (SSSR count). The number of likely N-dealkylation sites (tertiary alicyclic amines) is 1. The molecule has 2 fully saturated rings. The van der Waals surface area contributed by atoms with E-state index in [9.17, 15) is 5.11 Å². The summed E-state index contributed by atoms with van der Waals surface area (Å²) in [5.41, 5.74) is 3.27. The van der Waals surface area contributed by atoms with Gasteiger partial charge in [-0.3, -0.25) is 14.5 Å². The Bertz CT molecular complexity index is 564. The third kappa shape index (κ3) is 3.99. The van der Waals surface area contributed by atoms with Crippen molar-refractivity contribution in [3.05, 3.63) is 17.0 Å². The van der Waals surface area contributed by atoms with Crippen molar-refractivity contribution in [2.45, 2.75) is 38.8 Å². The first-order valence-electron chi connectivity index (χ1n) is 9.21. The van der Waals surface area contributed by atoms with E-state index in [-0.39, 0.29) is 0 Å². The van der Waals surface area contributed by atoms with Gasteiger partial charge in [0.2, 0.25) is 0 Å². The third-order valence-electron chi connectivity index (χ3n) is 5.77. The van der Waals surface area contributed by atoms with Gasteiger partial charge in [0.25, 0.3) is 0 Å². The summed E-state index contributed by atoms with van der Waals surface area (Å²) >= 11 is 0. The molecule has 0 aromatic carbocycles. The summed E-state index contributed by atoms with van der Waals surface area (Å²) in [5, 5.41) is 15.4. The van der Waals surface area contributed by atoms with E-state index in [0.29, 0.717) is 0 Å². The highest BCUT2D eigenvalue weighted by Gasteiger charge is 2.34. The van der Waals surface area contributed by atoms with Crippen LogP contribution >= 0.6 is 0 Å². The molecule has 0 aliphatic carbocycles. The number of likely N-dealkylation sites (N-methyl/N-ethyl adjacent to an activating group) is 1. The Morgan fingerprint density at radius 2 is 1.71 bits per heavy atom. The van der Waals surface area contributed by atoms with E-state index >= 15 is 0 Å². The van der Waals surface area contributed by atoms with Gasteiger partial charge in [-0.25, -0.2) is 0 Å². The van der Waals surface area contributed by atoms with Crippen molar-refractivity contribution < 1.29 is 5.11 Å². The summed E-state index contributed by atoms with van der Waals surface area (Å²) < 4.78 is 1.98. The topological polar surface area (TPSA) is 47.8 Å². The van der Waals surface area contributed by atoms with E-state index in [1.807, 2.05) is 11.7 Å². The number of aromatic nitrogens is 2. The minimum absolute atomic E-state index is 0.522. The molecule has 136 valence electrons. The number of aliphatic hydroxyl groups is 1. The zero-order valence-electron chi connectivity index (χ0n) is 15.8. The van der Waals surface area contributed by atoms with Crippen LogP contribution in [0.4, 0.5) is 0 Å². The summed E-state index contributed by atoms with van der Waals surface area (Å²) in [6, 6.07) is 0. The van der Waals surface area contributed by atoms with Gasteiger partial charge >= 0.3 is 0 Å². The molecule has 2 saturated heterocycles. The van der Waals surface area contributed by atoms with Crippen LogP contribution in [0.2, 0.25) is 0 Å². The lowest BCUT2D eigenvalue weighted by Gasteiger charge is -2.43. The Morgan fingerprint density at radius 3 is 2.29 bits per heavy atom. The third-order valence-corrected chi connectivity index (χ3v) is 5.77. The van der Waals surface area contributed by atoms with Gasteiger partial charge < -0.3 is 10.0 Å². The number of rotatable bonds is 4. The van der Waals surface area contributed by atoms with E-state index < -0.39 is 5.60 Å². The predicted molar refractivity (Wildman–Crippen MR) is 96.1 cm³/mol.